The number of carbonyl (C=O) groups is 2. The fourth-order valence-corrected chi connectivity index (χ4v) is 2.20. The van der Waals surface area contributed by atoms with E-state index < -0.39 is 36.1 Å². The molecule has 0 aliphatic heterocycles. The van der Waals surface area contributed by atoms with Gasteiger partial charge in [0.15, 0.2) is 0 Å². The van der Waals surface area contributed by atoms with E-state index in [1.165, 1.54) is 0 Å². The number of benzene rings is 1. The molecule has 0 bridgehead atoms. The van der Waals surface area contributed by atoms with Gasteiger partial charge in [0.05, 0.1) is 5.92 Å². The van der Waals surface area contributed by atoms with Crippen LogP contribution in [0.3, 0.4) is 0 Å². The molecule has 22 heavy (non-hydrogen) atoms. The largest absolute Gasteiger partial charge is 0.480 e. The van der Waals surface area contributed by atoms with E-state index in [4.69, 9.17) is 9.84 Å². The molecule has 1 amide bonds. The highest BCUT2D eigenvalue weighted by Crippen LogP contribution is 2.51. The second kappa shape index (κ2) is 6.25. The molecule has 1 aromatic rings. The number of carboxylic acid groups (broad SMARTS) is 1. The lowest BCUT2D eigenvalue weighted by atomic mass is 10.1. The van der Waals surface area contributed by atoms with E-state index in [-0.39, 0.29) is 13.0 Å². The number of amides is 1. The molecule has 0 saturated heterocycles. The van der Waals surface area contributed by atoms with E-state index in [2.05, 4.69) is 0 Å². The number of halogens is 3. The number of alkyl carbamates (subject to hydrolysis) is 1. The lowest BCUT2D eigenvalue weighted by molar-refractivity contribution is -0.154. The number of carboxylic acids is 1. The van der Waals surface area contributed by atoms with Crippen LogP contribution in [0.5, 0.6) is 0 Å². The second-order valence-corrected chi connectivity index (χ2v) is 5.07. The van der Waals surface area contributed by atoms with Crippen LogP contribution in [0.2, 0.25) is 0 Å². The highest BCUT2D eigenvalue weighted by Gasteiger charge is 2.60. The summed E-state index contributed by atoms with van der Waals surface area (Å²) in [6, 6.07) is 7.03. The van der Waals surface area contributed by atoms with Crippen molar-refractivity contribution in [3.05, 3.63) is 35.9 Å². The second-order valence-electron chi connectivity index (χ2n) is 5.07. The van der Waals surface area contributed by atoms with Gasteiger partial charge in [0, 0.05) is 5.92 Å². The van der Waals surface area contributed by atoms with Gasteiger partial charge in [-0.1, -0.05) is 30.3 Å². The number of carbonyl (C=O) groups excluding carboxylic acids is 1. The summed E-state index contributed by atoms with van der Waals surface area (Å²) >= 11 is 0. The molecule has 0 radical (unpaired) electrons. The molecule has 1 aliphatic rings. The minimum absolute atomic E-state index is 0.0909. The Morgan fingerprint density at radius 1 is 1.32 bits per heavy atom. The lowest BCUT2D eigenvalue weighted by Gasteiger charge is -2.15. The van der Waals surface area contributed by atoms with Gasteiger partial charge in [0.25, 0.3) is 0 Å². The summed E-state index contributed by atoms with van der Waals surface area (Å²) in [6.07, 6.45) is -5.81. The number of ether oxygens (including phenoxy) is 1. The minimum atomic E-state index is -4.45. The minimum Gasteiger partial charge on any atom is -0.480 e. The van der Waals surface area contributed by atoms with Crippen LogP contribution in [0, 0.1) is 11.8 Å². The van der Waals surface area contributed by atoms with Gasteiger partial charge in [-0.25, -0.2) is 9.59 Å². The first-order chi connectivity index (χ1) is 10.3. The summed E-state index contributed by atoms with van der Waals surface area (Å²) in [5, 5.41) is 11.0. The van der Waals surface area contributed by atoms with Crippen molar-refractivity contribution in [1.82, 2.24) is 5.32 Å². The molecule has 0 aromatic heterocycles. The Morgan fingerprint density at radius 2 is 1.95 bits per heavy atom. The molecule has 2 N–H and O–H groups in total. The van der Waals surface area contributed by atoms with Crippen LogP contribution in [0.15, 0.2) is 30.3 Å². The highest BCUT2D eigenvalue weighted by molar-refractivity contribution is 5.80. The Bertz CT molecular complexity index is 547. The Morgan fingerprint density at radius 3 is 2.45 bits per heavy atom. The predicted octanol–water partition coefficient (Wildman–Crippen LogP) is 2.56. The van der Waals surface area contributed by atoms with Gasteiger partial charge >= 0.3 is 18.2 Å². The Labute approximate surface area is 124 Å². The average Bonchev–Trinajstić information content (AvgIpc) is 3.23. The van der Waals surface area contributed by atoms with Crippen molar-refractivity contribution in [3.63, 3.8) is 0 Å². The SMILES string of the molecule is O=C(NC(C(=O)O)C1CC1C(F)(F)F)OCc1ccccc1. The quantitative estimate of drug-likeness (QED) is 0.875. The molecule has 8 heteroatoms. The fourth-order valence-electron chi connectivity index (χ4n) is 2.20. The molecule has 1 fully saturated rings. The van der Waals surface area contributed by atoms with Gasteiger partial charge in [-0.2, -0.15) is 13.2 Å². The number of nitrogens with one attached hydrogen (secondary N) is 1. The van der Waals surface area contributed by atoms with Crippen molar-refractivity contribution < 1.29 is 32.6 Å². The number of rotatable bonds is 5. The third-order valence-electron chi connectivity index (χ3n) is 3.44. The number of hydrogen-bond donors (Lipinski definition) is 2. The van der Waals surface area contributed by atoms with Gasteiger partial charge < -0.3 is 15.2 Å². The molecule has 1 aromatic carbocycles. The van der Waals surface area contributed by atoms with Crippen molar-refractivity contribution in [1.29, 1.82) is 0 Å². The molecule has 1 saturated carbocycles. The van der Waals surface area contributed by atoms with Crippen molar-refractivity contribution >= 4 is 12.1 Å². The van der Waals surface area contributed by atoms with E-state index >= 15 is 0 Å². The molecule has 120 valence electrons. The highest BCUT2D eigenvalue weighted by atomic mass is 19.4. The van der Waals surface area contributed by atoms with E-state index in [9.17, 15) is 22.8 Å². The first kappa shape index (κ1) is 16.1. The Hall–Kier alpha value is -2.25. The molecule has 3 atom stereocenters. The van der Waals surface area contributed by atoms with Gasteiger partial charge in [-0.05, 0) is 12.0 Å². The summed E-state index contributed by atoms with van der Waals surface area (Å²) < 4.78 is 42.3. The van der Waals surface area contributed by atoms with Gasteiger partial charge in [0.1, 0.15) is 12.6 Å². The third-order valence-corrected chi connectivity index (χ3v) is 3.44. The number of alkyl halides is 3. The van der Waals surface area contributed by atoms with Crippen molar-refractivity contribution in [2.75, 3.05) is 0 Å². The van der Waals surface area contributed by atoms with Crippen molar-refractivity contribution in [2.45, 2.75) is 25.2 Å². The zero-order chi connectivity index (χ0) is 16.3. The zero-order valence-electron chi connectivity index (χ0n) is 11.3. The van der Waals surface area contributed by atoms with Crippen LogP contribution in [-0.2, 0) is 16.1 Å². The molecular formula is C14H14F3NO4. The summed E-state index contributed by atoms with van der Waals surface area (Å²) in [5.41, 5.74) is 0.684. The fraction of sp³-hybridized carbons (Fsp3) is 0.429. The monoisotopic (exact) mass is 317 g/mol. The van der Waals surface area contributed by atoms with Crippen LogP contribution in [0.25, 0.3) is 0 Å². The third kappa shape index (κ3) is 4.12. The van der Waals surface area contributed by atoms with Crippen LogP contribution in [0.4, 0.5) is 18.0 Å². The maximum Gasteiger partial charge on any atom is 0.408 e. The van der Waals surface area contributed by atoms with E-state index in [0.717, 1.165) is 0 Å². The summed E-state index contributed by atoms with van der Waals surface area (Å²) in [6.45, 7) is -0.0909. The number of hydrogen-bond acceptors (Lipinski definition) is 3. The summed E-state index contributed by atoms with van der Waals surface area (Å²) in [5.74, 6) is -4.35. The van der Waals surface area contributed by atoms with E-state index in [1.807, 2.05) is 5.32 Å². The Balaban J connectivity index is 1.87. The molecule has 0 spiro atoms. The molecular weight excluding hydrogens is 303 g/mol. The van der Waals surface area contributed by atoms with Gasteiger partial charge in [0.2, 0.25) is 0 Å². The topological polar surface area (TPSA) is 75.6 Å². The smallest absolute Gasteiger partial charge is 0.408 e. The van der Waals surface area contributed by atoms with E-state index in [0.29, 0.717) is 5.56 Å². The van der Waals surface area contributed by atoms with Crippen LogP contribution in [-0.4, -0.2) is 29.4 Å². The van der Waals surface area contributed by atoms with E-state index in [1.54, 1.807) is 30.3 Å². The maximum absolute atomic E-state index is 12.5. The Kier molecular flexibility index (Phi) is 4.58. The van der Waals surface area contributed by atoms with Crippen molar-refractivity contribution in [2.24, 2.45) is 11.8 Å². The molecule has 1 aliphatic carbocycles. The maximum atomic E-state index is 12.5. The first-order valence-electron chi connectivity index (χ1n) is 6.56. The molecule has 0 heterocycles. The first-order valence-corrected chi connectivity index (χ1v) is 6.56. The van der Waals surface area contributed by atoms with Crippen LogP contribution < -0.4 is 5.32 Å². The summed E-state index contributed by atoms with van der Waals surface area (Å²) in [4.78, 5) is 22.6. The predicted molar refractivity (Wildman–Crippen MR) is 68.8 cm³/mol. The van der Waals surface area contributed by atoms with Crippen molar-refractivity contribution in [3.8, 4) is 0 Å². The summed E-state index contributed by atoms with van der Waals surface area (Å²) in [7, 11) is 0. The number of aliphatic carboxylic acids is 1. The molecule has 3 unspecified atom stereocenters. The lowest BCUT2D eigenvalue weighted by Crippen LogP contribution is -2.43. The standard InChI is InChI=1S/C14H14F3NO4/c15-14(16,17)10-6-9(10)11(12(19)20)18-13(21)22-7-8-4-2-1-3-5-8/h1-5,9-11H,6-7H2,(H,18,21)(H,19,20). The molecule has 5 nitrogen and oxygen atoms in total. The van der Waals surface area contributed by atoms with Crippen LogP contribution >= 0.6 is 0 Å². The normalized spacial score (nSPS) is 21.8. The zero-order valence-corrected chi connectivity index (χ0v) is 11.3. The van der Waals surface area contributed by atoms with Crippen LogP contribution in [0.1, 0.15) is 12.0 Å². The van der Waals surface area contributed by atoms with Gasteiger partial charge in [-0.3, -0.25) is 0 Å². The molecule has 2 rings (SSSR count). The average molecular weight is 317 g/mol. The van der Waals surface area contributed by atoms with Gasteiger partial charge in [-0.15, -0.1) is 0 Å².